The number of ether oxygens (including phenoxy) is 1. The molecule has 2 aliphatic heterocycles. The van der Waals surface area contributed by atoms with E-state index in [0.717, 1.165) is 41.9 Å². The molecule has 3 heterocycles. The van der Waals surface area contributed by atoms with Crippen molar-refractivity contribution in [2.24, 2.45) is 5.92 Å². The first-order valence-corrected chi connectivity index (χ1v) is 12.2. The minimum atomic E-state index is -0.158. The van der Waals surface area contributed by atoms with Crippen LogP contribution in [-0.4, -0.2) is 58.6 Å². The smallest absolute Gasteiger partial charge is 0.256 e. The fourth-order valence-electron chi connectivity index (χ4n) is 6.31. The Morgan fingerprint density at radius 2 is 1.94 bits per heavy atom. The maximum absolute atomic E-state index is 14.0. The molecule has 0 N–H and O–H groups in total. The molecule has 3 aliphatic rings. The molecule has 0 radical (unpaired) electrons. The number of benzene rings is 1. The zero-order valence-corrected chi connectivity index (χ0v) is 19.4. The topological polar surface area (TPSA) is 37.7 Å². The van der Waals surface area contributed by atoms with Crippen molar-refractivity contribution in [3.05, 3.63) is 30.0 Å². The van der Waals surface area contributed by atoms with E-state index in [4.69, 9.17) is 4.74 Å². The number of methoxy groups -OCH3 is 1. The Labute approximate surface area is 186 Å². The number of para-hydroxylation sites is 1. The van der Waals surface area contributed by atoms with E-state index in [1.165, 1.54) is 51.5 Å². The SMILES string of the molecule is COc1cccc2c(C(=O)N3C[C@H]4CCCN4CC3(C)C)cn(CC3CCCCC3)c12. The molecule has 2 saturated heterocycles. The van der Waals surface area contributed by atoms with Crippen molar-refractivity contribution in [1.82, 2.24) is 14.4 Å². The van der Waals surface area contributed by atoms with E-state index in [1.807, 2.05) is 12.1 Å². The zero-order valence-electron chi connectivity index (χ0n) is 19.4. The number of amides is 1. The predicted molar refractivity (Wildman–Crippen MR) is 125 cm³/mol. The summed E-state index contributed by atoms with van der Waals surface area (Å²) in [6.45, 7) is 8.40. The number of rotatable bonds is 4. The fourth-order valence-corrected chi connectivity index (χ4v) is 6.31. The summed E-state index contributed by atoms with van der Waals surface area (Å²) < 4.78 is 8.06. The van der Waals surface area contributed by atoms with Crippen molar-refractivity contribution in [1.29, 1.82) is 0 Å². The van der Waals surface area contributed by atoms with Crippen LogP contribution in [0.3, 0.4) is 0 Å². The van der Waals surface area contributed by atoms with Gasteiger partial charge in [0.25, 0.3) is 5.91 Å². The molecule has 1 aromatic carbocycles. The molecule has 31 heavy (non-hydrogen) atoms. The largest absolute Gasteiger partial charge is 0.495 e. The highest BCUT2D eigenvalue weighted by Crippen LogP contribution is 2.36. The first-order valence-electron chi connectivity index (χ1n) is 12.2. The molecule has 3 fully saturated rings. The second-order valence-corrected chi connectivity index (χ2v) is 10.6. The van der Waals surface area contributed by atoms with Gasteiger partial charge in [-0.1, -0.05) is 31.4 Å². The van der Waals surface area contributed by atoms with Crippen molar-refractivity contribution >= 4 is 16.8 Å². The lowest BCUT2D eigenvalue weighted by Gasteiger charge is -2.49. The van der Waals surface area contributed by atoms with Gasteiger partial charge in [-0.3, -0.25) is 9.69 Å². The molecule has 1 amide bonds. The monoisotopic (exact) mass is 423 g/mol. The van der Waals surface area contributed by atoms with Crippen molar-refractivity contribution in [2.75, 3.05) is 26.7 Å². The van der Waals surface area contributed by atoms with E-state index in [1.54, 1.807) is 7.11 Å². The van der Waals surface area contributed by atoms with Crippen LogP contribution in [0.4, 0.5) is 0 Å². The van der Waals surface area contributed by atoms with Crippen LogP contribution in [-0.2, 0) is 6.54 Å². The van der Waals surface area contributed by atoms with E-state index in [-0.39, 0.29) is 11.4 Å². The maximum atomic E-state index is 14.0. The highest BCUT2D eigenvalue weighted by molar-refractivity contribution is 6.08. The summed E-state index contributed by atoms with van der Waals surface area (Å²) in [6.07, 6.45) is 11.2. The Bertz CT molecular complexity index is 957. The Balaban J connectivity index is 1.52. The number of piperazine rings is 1. The van der Waals surface area contributed by atoms with Gasteiger partial charge in [0.05, 0.1) is 23.7 Å². The summed E-state index contributed by atoms with van der Waals surface area (Å²) in [5.74, 6) is 1.74. The molecule has 2 aromatic rings. The van der Waals surface area contributed by atoms with Gasteiger partial charge >= 0.3 is 0 Å². The van der Waals surface area contributed by atoms with Crippen LogP contribution in [0, 0.1) is 5.92 Å². The number of nitrogens with zero attached hydrogens (tertiary/aromatic N) is 3. The normalized spacial score (nSPS) is 24.5. The van der Waals surface area contributed by atoms with Gasteiger partial charge in [0.15, 0.2) is 0 Å². The first kappa shape index (κ1) is 20.9. The zero-order chi connectivity index (χ0) is 21.6. The van der Waals surface area contributed by atoms with E-state index in [2.05, 4.69) is 40.5 Å². The van der Waals surface area contributed by atoms with Crippen LogP contribution in [0.5, 0.6) is 5.75 Å². The fraction of sp³-hybridized carbons (Fsp3) is 0.654. The third-order valence-electron chi connectivity index (χ3n) is 7.95. The maximum Gasteiger partial charge on any atom is 0.256 e. The molecule has 0 spiro atoms. The summed E-state index contributed by atoms with van der Waals surface area (Å²) in [4.78, 5) is 18.7. The van der Waals surface area contributed by atoms with Crippen molar-refractivity contribution < 1.29 is 9.53 Å². The van der Waals surface area contributed by atoms with Gasteiger partial charge in [0.2, 0.25) is 0 Å². The lowest BCUT2D eigenvalue weighted by molar-refractivity contribution is 0.00563. The van der Waals surface area contributed by atoms with Crippen LogP contribution >= 0.6 is 0 Å². The Kier molecular flexibility index (Phi) is 5.49. The molecule has 5 rings (SSSR count). The minimum absolute atomic E-state index is 0.158. The molecule has 0 unspecified atom stereocenters. The van der Waals surface area contributed by atoms with Crippen molar-refractivity contribution in [2.45, 2.75) is 76.9 Å². The molecule has 5 heteroatoms. The van der Waals surface area contributed by atoms with Crippen LogP contribution in [0.1, 0.15) is 69.2 Å². The molecular formula is C26H37N3O2. The Hall–Kier alpha value is -2.01. The molecule has 168 valence electrons. The standard InChI is InChI=1S/C26H37N3O2/c1-26(2)18-27-14-8-11-20(27)16-29(26)25(30)22-17-28(15-19-9-5-4-6-10-19)24-21(22)12-7-13-23(24)31-3/h7,12-13,17,19-20H,4-6,8-11,14-16,18H2,1-3H3/t20-/m1/s1. The Morgan fingerprint density at radius 3 is 2.71 bits per heavy atom. The van der Waals surface area contributed by atoms with Crippen LogP contribution in [0.15, 0.2) is 24.4 Å². The van der Waals surface area contributed by atoms with Gasteiger partial charge in [-0.05, 0) is 58.1 Å². The first-order chi connectivity index (χ1) is 15.0. The van der Waals surface area contributed by atoms with Gasteiger partial charge in [0, 0.05) is 37.3 Å². The van der Waals surface area contributed by atoms with Crippen molar-refractivity contribution in [3.8, 4) is 5.75 Å². The molecule has 1 aromatic heterocycles. The molecular weight excluding hydrogens is 386 g/mol. The molecule has 1 saturated carbocycles. The second-order valence-electron chi connectivity index (χ2n) is 10.6. The molecule has 1 atom stereocenters. The van der Waals surface area contributed by atoms with E-state index in [9.17, 15) is 4.79 Å². The van der Waals surface area contributed by atoms with E-state index in [0.29, 0.717) is 12.0 Å². The van der Waals surface area contributed by atoms with Gasteiger partial charge in [-0.25, -0.2) is 0 Å². The van der Waals surface area contributed by atoms with E-state index < -0.39 is 0 Å². The van der Waals surface area contributed by atoms with Crippen LogP contribution in [0.2, 0.25) is 0 Å². The average molecular weight is 424 g/mol. The quantitative estimate of drug-likeness (QED) is 0.700. The van der Waals surface area contributed by atoms with E-state index >= 15 is 0 Å². The lowest BCUT2D eigenvalue weighted by atomic mass is 9.89. The summed E-state index contributed by atoms with van der Waals surface area (Å²) in [7, 11) is 1.73. The number of carbonyl (C=O) groups excluding carboxylic acids is 1. The number of hydrogen-bond donors (Lipinski definition) is 0. The number of aromatic nitrogens is 1. The van der Waals surface area contributed by atoms with Gasteiger partial charge in [0.1, 0.15) is 5.75 Å². The molecule has 5 nitrogen and oxygen atoms in total. The number of carbonyl (C=O) groups is 1. The lowest BCUT2D eigenvalue weighted by Crippen LogP contribution is -2.63. The van der Waals surface area contributed by atoms with Crippen LogP contribution < -0.4 is 4.74 Å². The number of hydrogen-bond acceptors (Lipinski definition) is 3. The Morgan fingerprint density at radius 1 is 1.13 bits per heavy atom. The van der Waals surface area contributed by atoms with Gasteiger partial charge in [-0.15, -0.1) is 0 Å². The second kappa shape index (κ2) is 8.16. The summed E-state index contributed by atoms with van der Waals surface area (Å²) in [5, 5.41) is 1.03. The minimum Gasteiger partial charge on any atom is -0.495 e. The predicted octanol–water partition coefficient (Wildman–Crippen LogP) is 4.93. The van der Waals surface area contributed by atoms with Crippen LogP contribution in [0.25, 0.3) is 10.9 Å². The highest BCUT2D eigenvalue weighted by atomic mass is 16.5. The highest BCUT2D eigenvalue weighted by Gasteiger charge is 2.43. The third-order valence-corrected chi connectivity index (χ3v) is 7.95. The summed E-state index contributed by atoms with van der Waals surface area (Å²) in [6, 6.07) is 6.65. The average Bonchev–Trinajstić information content (AvgIpc) is 3.36. The third kappa shape index (κ3) is 3.75. The number of fused-ring (bicyclic) bond motifs is 2. The molecule has 0 bridgehead atoms. The van der Waals surface area contributed by atoms with Gasteiger partial charge in [-0.2, -0.15) is 0 Å². The summed E-state index contributed by atoms with van der Waals surface area (Å²) in [5.41, 5.74) is 1.76. The summed E-state index contributed by atoms with van der Waals surface area (Å²) >= 11 is 0. The van der Waals surface area contributed by atoms with Crippen molar-refractivity contribution in [3.63, 3.8) is 0 Å². The molecule has 1 aliphatic carbocycles. The van der Waals surface area contributed by atoms with Gasteiger partial charge < -0.3 is 14.2 Å².